The molecular formula is C11H6ClFIN3O. The SMILES string of the molecule is O=C(Nc1nccnc1Cl)c1ccc(F)cc1I. The summed E-state index contributed by atoms with van der Waals surface area (Å²) in [6.45, 7) is 0. The number of nitrogens with one attached hydrogen (secondary N) is 1. The van der Waals surface area contributed by atoms with Gasteiger partial charge in [-0.15, -0.1) is 0 Å². The molecule has 7 heteroatoms. The molecule has 4 nitrogen and oxygen atoms in total. The van der Waals surface area contributed by atoms with Crippen molar-refractivity contribution in [3.63, 3.8) is 0 Å². The van der Waals surface area contributed by atoms with E-state index in [2.05, 4.69) is 15.3 Å². The van der Waals surface area contributed by atoms with E-state index in [1.54, 1.807) is 0 Å². The average molecular weight is 378 g/mol. The second-order valence-electron chi connectivity index (χ2n) is 3.27. The van der Waals surface area contributed by atoms with Crippen molar-refractivity contribution >= 4 is 45.9 Å². The first kappa shape index (κ1) is 13.2. The first-order valence-corrected chi connectivity index (χ1v) is 6.26. The highest BCUT2D eigenvalue weighted by molar-refractivity contribution is 14.1. The molecule has 2 aromatic rings. The molecule has 0 fully saturated rings. The fourth-order valence-corrected chi connectivity index (χ4v) is 2.13. The Morgan fingerprint density at radius 2 is 2.06 bits per heavy atom. The molecule has 18 heavy (non-hydrogen) atoms. The number of hydrogen-bond acceptors (Lipinski definition) is 3. The average Bonchev–Trinajstić information content (AvgIpc) is 2.32. The molecule has 0 aliphatic rings. The molecule has 0 aliphatic carbocycles. The lowest BCUT2D eigenvalue weighted by atomic mass is 10.2. The van der Waals surface area contributed by atoms with E-state index >= 15 is 0 Å². The van der Waals surface area contributed by atoms with E-state index in [1.165, 1.54) is 30.6 Å². The van der Waals surface area contributed by atoms with Gasteiger partial charge in [-0.3, -0.25) is 4.79 Å². The first-order chi connectivity index (χ1) is 8.58. The van der Waals surface area contributed by atoms with Gasteiger partial charge in [0.1, 0.15) is 5.82 Å². The Kier molecular flexibility index (Phi) is 4.07. The van der Waals surface area contributed by atoms with Gasteiger partial charge in [-0.25, -0.2) is 14.4 Å². The number of nitrogens with zero attached hydrogens (tertiary/aromatic N) is 2. The van der Waals surface area contributed by atoms with E-state index in [4.69, 9.17) is 11.6 Å². The molecule has 0 unspecified atom stereocenters. The van der Waals surface area contributed by atoms with Crippen molar-refractivity contribution in [2.45, 2.75) is 0 Å². The highest BCUT2D eigenvalue weighted by atomic mass is 127. The molecule has 1 aromatic carbocycles. The summed E-state index contributed by atoms with van der Waals surface area (Å²) in [6, 6.07) is 3.89. The van der Waals surface area contributed by atoms with E-state index in [-0.39, 0.29) is 11.0 Å². The summed E-state index contributed by atoms with van der Waals surface area (Å²) in [5.41, 5.74) is 0.346. The Bertz CT molecular complexity index is 609. The van der Waals surface area contributed by atoms with Gasteiger partial charge >= 0.3 is 0 Å². The lowest BCUT2D eigenvalue weighted by molar-refractivity contribution is 0.102. The van der Waals surface area contributed by atoms with Crippen LogP contribution in [-0.4, -0.2) is 15.9 Å². The first-order valence-electron chi connectivity index (χ1n) is 4.81. The molecule has 92 valence electrons. The van der Waals surface area contributed by atoms with Gasteiger partial charge in [-0.2, -0.15) is 0 Å². The van der Waals surface area contributed by atoms with Crippen molar-refractivity contribution in [2.75, 3.05) is 5.32 Å². The Morgan fingerprint density at radius 3 is 2.72 bits per heavy atom. The number of carbonyl (C=O) groups is 1. The van der Waals surface area contributed by atoms with Gasteiger partial charge in [-0.1, -0.05) is 11.6 Å². The van der Waals surface area contributed by atoms with Crippen molar-refractivity contribution in [1.29, 1.82) is 0 Å². The Labute approximate surface area is 121 Å². The van der Waals surface area contributed by atoms with Crippen LogP contribution in [-0.2, 0) is 0 Å². The fourth-order valence-electron chi connectivity index (χ4n) is 1.25. The molecule has 0 aliphatic heterocycles. The Morgan fingerprint density at radius 1 is 1.33 bits per heavy atom. The number of hydrogen-bond donors (Lipinski definition) is 1. The molecular weight excluding hydrogens is 371 g/mol. The highest BCUT2D eigenvalue weighted by Crippen LogP contribution is 2.18. The van der Waals surface area contributed by atoms with Gasteiger partial charge < -0.3 is 5.32 Å². The second kappa shape index (κ2) is 5.57. The lowest BCUT2D eigenvalue weighted by Gasteiger charge is -2.06. The normalized spacial score (nSPS) is 10.2. The van der Waals surface area contributed by atoms with Gasteiger partial charge in [-0.05, 0) is 40.8 Å². The van der Waals surface area contributed by atoms with Crippen LogP contribution in [0.1, 0.15) is 10.4 Å². The molecule has 0 atom stereocenters. The molecule has 2 rings (SSSR count). The van der Waals surface area contributed by atoms with Crippen LogP contribution in [0.15, 0.2) is 30.6 Å². The predicted molar refractivity (Wildman–Crippen MR) is 74.1 cm³/mol. The molecule has 0 saturated carbocycles. The van der Waals surface area contributed by atoms with E-state index in [9.17, 15) is 9.18 Å². The van der Waals surface area contributed by atoms with E-state index in [0.717, 1.165) is 0 Å². The van der Waals surface area contributed by atoms with E-state index in [0.29, 0.717) is 9.13 Å². The third-order valence-corrected chi connectivity index (χ3v) is 3.23. The third-order valence-electron chi connectivity index (χ3n) is 2.06. The maximum atomic E-state index is 12.9. The standard InChI is InChI=1S/C11H6ClFIN3O/c12-9-10(16-4-3-15-9)17-11(18)7-2-1-6(13)5-8(7)14/h1-5H,(H,16,17,18). The minimum absolute atomic E-state index is 0.1000. The van der Waals surface area contributed by atoms with Crippen LogP contribution in [0.25, 0.3) is 0 Å². The molecule has 1 heterocycles. The van der Waals surface area contributed by atoms with Gasteiger partial charge in [0.05, 0.1) is 5.56 Å². The number of aromatic nitrogens is 2. The zero-order chi connectivity index (χ0) is 13.1. The van der Waals surface area contributed by atoms with Crippen molar-refractivity contribution < 1.29 is 9.18 Å². The van der Waals surface area contributed by atoms with Gasteiger partial charge in [0.15, 0.2) is 11.0 Å². The summed E-state index contributed by atoms with van der Waals surface area (Å²) < 4.78 is 13.4. The van der Waals surface area contributed by atoms with Crippen LogP contribution in [0.3, 0.4) is 0 Å². The maximum absolute atomic E-state index is 12.9. The zero-order valence-electron chi connectivity index (χ0n) is 8.82. The monoisotopic (exact) mass is 377 g/mol. The van der Waals surface area contributed by atoms with E-state index in [1.807, 2.05) is 22.6 Å². The van der Waals surface area contributed by atoms with Crippen LogP contribution in [0.4, 0.5) is 10.2 Å². The van der Waals surface area contributed by atoms with Crippen molar-refractivity contribution in [3.8, 4) is 0 Å². The number of amides is 1. The maximum Gasteiger partial charge on any atom is 0.257 e. The van der Waals surface area contributed by atoms with Crippen LogP contribution in [0, 0.1) is 9.39 Å². The molecule has 0 spiro atoms. The van der Waals surface area contributed by atoms with Crippen LogP contribution in [0.5, 0.6) is 0 Å². The predicted octanol–water partition coefficient (Wildman–Crippen LogP) is 3.13. The van der Waals surface area contributed by atoms with Gasteiger partial charge in [0.25, 0.3) is 5.91 Å². The minimum Gasteiger partial charge on any atom is -0.304 e. The van der Waals surface area contributed by atoms with Crippen LogP contribution >= 0.6 is 34.2 Å². The van der Waals surface area contributed by atoms with Crippen molar-refractivity contribution in [3.05, 3.63) is 50.7 Å². The van der Waals surface area contributed by atoms with Crippen molar-refractivity contribution in [1.82, 2.24) is 9.97 Å². The highest BCUT2D eigenvalue weighted by Gasteiger charge is 2.13. The molecule has 1 amide bonds. The molecule has 0 saturated heterocycles. The number of carbonyl (C=O) groups excluding carboxylic acids is 1. The van der Waals surface area contributed by atoms with Crippen LogP contribution in [0.2, 0.25) is 5.15 Å². The molecule has 1 N–H and O–H groups in total. The molecule has 1 aromatic heterocycles. The summed E-state index contributed by atoms with van der Waals surface area (Å²) in [5.74, 6) is -0.639. The van der Waals surface area contributed by atoms with E-state index < -0.39 is 11.7 Å². The minimum atomic E-state index is -0.415. The summed E-state index contributed by atoms with van der Waals surface area (Å²) in [5, 5.41) is 2.62. The van der Waals surface area contributed by atoms with Gasteiger partial charge in [0, 0.05) is 16.0 Å². The quantitative estimate of drug-likeness (QED) is 0.818. The Hall–Kier alpha value is -1.28. The smallest absolute Gasteiger partial charge is 0.257 e. The lowest BCUT2D eigenvalue weighted by Crippen LogP contribution is -2.15. The van der Waals surface area contributed by atoms with Crippen LogP contribution < -0.4 is 5.32 Å². The number of rotatable bonds is 2. The summed E-state index contributed by atoms with van der Waals surface area (Å²) >= 11 is 7.65. The zero-order valence-corrected chi connectivity index (χ0v) is 11.7. The molecule has 0 radical (unpaired) electrons. The summed E-state index contributed by atoms with van der Waals surface area (Å²) in [7, 11) is 0. The number of anilines is 1. The third kappa shape index (κ3) is 2.94. The van der Waals surface area contributed by atoms with Gasteiger partial charge in [0.2, 0.25) is 0 Å². The topological polar surface area (TPSA) is 54.9 Å². The Balaban J connectivity index is 2.25. The molecule has 0 bridgehead atoms. The summed E-state index contributed by atoms with van der Waals surface area (Å²) in [6.07, 6.45) is 2.83. The number of halogens is 3. The largest absolute Gasteiger partial charge is 0.304 e. The second-order valence-corrected chi connectivity index (χ2v) is 4.79. The van der Waals surface area contributed by atoms with Crippen molar-refractivity contribution in [2.24, 2.45) is 0 Å². The number of benzene rings is 1. The summed E-state index contributed by atoms with van der Waals surface area (Å²) in [4.78, 5) is 19.6. The fraction of sp³-hybridized carbons (Fsp3) is 0.